The van der Waals surface area contributed by atoms with Crippen LogP contribution in [-0.2, 0) is 9.53 Å². The second-order valence-corrected chi connectivity index (χ2v) is 3.59. The lowest BCUT2D eigenvalue weighted by molar-refractivity contribution is -0.139. The summed E-state index contributed by atoms with van der Waals surface area (Å²) in [4.78, 5) is 18.6. The van der Waals surface area contributed by atoms with Crippen LogP contribution in [0.1, 0.15) is 6.92 Å². The molecule has 0 atom stereocenters. The number of halogens is 1. The highest BCUT2D eigenvalue weighted by Gasteiger charge is 2.04. The van der Waals surface area contributed by atoms with Crippen LogP contribution in [0.3, 0.4) is 0 Å². The second-order valence-electron chi connectivity index (χ2n) is 2.26. The third-order valence-electron chi connectivity index (χ3n) is 1.24. The Morgan fingerprint density at radius 1 is 1.71 bits per heavy atom. The van der Waals surface area contributed by atoms with Gasteiger partial charge in [0, 0.05) is 6.20 Å². The number of hydrogen-bond acceptors (Lipinski definition) is 5. The molecule has 1 aromatic rings. The van der Waals surface area contributed by atoms with Crippen molar-refractivity contribution in [2.45, 2.75) is 11.9 Å². The Morgan fingerprint density at radius 3 is 3.14 bits per heavy atom. The highest BCUT2D eigenvalue weighted by atomic mass is 35.5. The van der Waals surface area contributed by atoms with Crippen LogP contribution in [0, 0.1) is 0 Å². The molecular weight excluding hydrogens is 224 g/mol. The van der Waals surface area contributed by atoms with Crippen molar-refractivity contribution in [2.75, 3.05) is 12.4 Å². The minimum atomic E-state index is -0.257. The maximum absolute atomic E-state index is 11.0. The first-order chi connectivity index (χ1) is 6.72. The molecule has 1 heterocycles. The average molecular weight is 233 g/mol. The minimum Gasteiger partial charge on any atom is -0.465 e. The number of esters is 1. The molecule has 0 saturated heterocycles. The van der Waals surface area contributed by atoms with Gasteiger partial charge in [0.05, 0.1) is 12.4 Å². The quantitative estimate of drug-likeness (QED) is 0.343. The number of rotatable bonds is 4. The molecule has 0 N–H and O–H groups in total. The number of aromatic nitrogens is 2. The zero-order valence-corrected chi connectivity index (χ0v) is 9.14. The summed E-state index contributed by atoms with van der Waals surface area (Å²) < 4.78 is 4.76. The Morgan fingerprint density at radius 2 is 2.50 bits per heavy atom. The van der Waals surface area contributed by atoms with Gasteiger partial charge in [0.2, 0.25) is 5.28 Å². The van der Waals surface area contributed by atoms with Crippen LogP contribution in [0.15, 0.2) is 17.3 Å². The number of nitrogens with zero attached hydrogens (tertiary/aromatic N) is 2. The van der Waals surface area contributed by atoms with E-state index in [2.05, 4.69) is 9.97 Å². The lowest BCUT2D eigenvalue weighted by atomic mass is 10.7. The Hall–Kier alpha value is -0.810. The van der Waals surface area contributed by atoms with Crippen molar-refractivity contribution in [2.24, 2.45) is 0 Å². The van der Waals surface area contributed by atoms with Crippen LogP contribution in [0.25, 0.3) is 0 Å². The van der Waals surface area contributed by atoms with Gasteiger partial charge in [-0.3, -0.25) is 4.79 Å². The molecule has 0 spiro atoms. The third kappa shape index (κ3) is 3.93. The highest BCUT2D eigenvalue weighted by molar-refractivity contribution is 7.99. The normalized spacial score (nSPS) is 9.86. The molecule has 76 valence electrons. The number of thioether (sulfide) groups is 1. The molecule has 0 aliphatic carbocycles. The molecule has 0 saturated carbocycles. The summed E-state index contributed by atoms with van der Waals surface area (Å²) in [5, 5.41) is 0.844. The van der Waals surface area contributed by atoms with Crippen molar-refractivity contribution < 1.29 is 9.53 Å². The van der Waals surface area contributed by atoms with E-state index in [1.54, 1.807) is 19.2 Å². The van der Waals surface area contributed by atoms with Crippen molar-refractivity contribution >= 4 is 29.3 Å². The van der Waals surface area contributed by atoms with Crippen LogP contribution in [-0.4, -0.2) is 28.3 Å². The van der Waals surface area contributed by atoms with Gasteiger partial charge in [-0.15, -0.1) is 0 Å². The van der Waals surface area contributed by atoms with Gasteiger partial charge in [-0.1, -0.05) is 11.8 Å². The van der Waals surface area contributed by atoms with E-state index in [9.17, 15) is 4.79 Å². The van der Waals surface area contributed by atoms with Crippen molar-refractivity contribution in [1.82, 2.24) is 9.97 Å². The first-order valence-corrected chi connectivity index (χ1v) is 5.35. The first kappa shape index (κ1) is 11.3. The lowest BCUT2D eigenvalue weighted by Gasteiger charge is -2.00. The van der Waals surface area contributed by atoms with Gasteiger partial charge in [-0.2, -0.15) is 0 Å². The van der Waals surface area contributed by atoms with Gasteiger partial charge < -0.3 is 4.74 Å². The summed E-state index contributed by atoms with van der Waals surface area (Å²) in [6, 6.07) is 1.69. The zero-order chi connectivity index (χ0) is 10.4. The van der Waals surface area contributed by atoms with Gasteiger partial charge >= 0.3 is 5.97 Å². The standard InChI is InChI=1S/C8H9ClN2O2S/c1-2-13-7(12)5-14-6-3-4-10-8(9)11-6/h3-4H,2,5H2,1H3. The van der Waals surface area contributed by atoms with Gasteiger partial charge in [0.15, 0.2) is 0 Å². The van der Waals surface area contributed by atoms with E-state index in [0.29, 0.717) is 11.6 Å². The topological polar surface area (TPSA) is 52.1 Å². The van der Waals surface area contributed by atoms with E-state index in [0.717, 1.165) is 0 Å². The van der Waals surface area contributed by atoms with Gasteiger partial charge in [-0.25, -0.2) is 9.97 Å². The fourth-order valence-electron chi connectivity index (χ4n) is 0.736. The second kappa shape index (κ2) is 5.82. The first-order valence-electron chi connectivity index (χ1n) is 3.99. The monoisotopic (exact) mass is 232 g/mol. The molecule has 0 amide bonds. The van der Waals surface area contributed by atoms with Gasteiger partial charge in [0.1, 0.15) is 5.03 Å². The summed E-state index contributed by atoms with van der Waals surface area (Å²) in [5.74, 6) is -0.0199. The van der Waals surface area contributed by atoms with Crippen LogP contribution in [0.4, 0.5) is 0 Å². The SMILES string of the molecule is CCOC(=O)CSc1ccnc(Cl)n1. The minimum absolute atomic E-state index is 0.179. The molecule has 0 aliphatic rings. The van der Waals surface area contributed by atoms with E-state index in [1.807, 2.05) is 0 Å². The molecule has 0 fully saturated rings. The summed E-state index contributed by atoms with van der Waals surface area (Å²) >= 11 is 6.84. The zero-order valence-electron chi connectivity index (χ0n) is 7.57. The van der Waals surface area contributed by atoms with E-state index >= 15 is 0 Å². The highest BCUT2D eigenvalue weighted by Crippen LogP contribution is 2.15. The molecule has 0 aromatic carbocycles. The van der Waals surface area contributed by atoms with Crippen LogP contribution in [0.5, 0.6) is 0 Å². The Kier molecular flexibility index (Phi) is 4.69. The van der Waals surface area contributed by atoms with Crippen LogP contribution >= 0.6 is 23.4 Å². The number of ether oxygens (including phenoxy) is 1. The molecule has 0 aliphatic heterocycles. The smallest absolute Gasteiger partial charge is 0.316 e. The van der Waals surface area contributed by atoms with Crippen molar-refractivity contribution in [3.8, 4) is 0 Å². The lowest BCUT2D eigenvalue weighted by Crippen LogP contribution is -2.06. The van der Waals surface area contributed by atoms with Gasteiger partial charge in [-0.05, 0) is 24.6 Å². The Balaban J connectivity index is 2.41. The van der Waals surface area contributed by atoms with Crippen molar-refractivity contribution in [3.63, 3.8) is 0 Å². The van der Waals surface area contributed by atoms with Crippen LogP contribution in [0.2, 0.25) is 5.28 Å². The molecule has 0 unspecified atom stereocenters. The molecular formula is C8H9ClN2O2S. The summed E-state index contributed by atoms with van der Waals surface area (Å²) in [5.41, 5.74) is 0. The summed E-state index contributed by atoms with van der Waals surface area (Å²) in [6.07, 6.45) is 1.54. The molecule has 0 radical (unpaired) electrons. The molecule has 0 bridgehead atoms. The van der Waals surface area contributed by atoms with Crippen LogP contribution < -0.4 is 0 Å². The van der Waals surface area contributed by atoms with Gasteiger partial charge in [0.25, 0.3) is 0 Å². The number of carbonyl (C=O) groups is 1. The predicted molar refractivity (Wildman–Crippen MR) is 54.4 cm³/mol. The van der Waals surface area contributed by atoms with E-state index in [4.69, 9.17) is 16.3 Å². The molecule has 1 rings (SSSR count). The largest absolute Gasteiger partial charge is 0.465 e. The average Bonchev–Trinajstić information content (AvgIpc) is 2.15. The fourth-order valence-corrected chi connectivity index (χ4v) is 1.59. The molecule has 14 heavy (non-hydrogen) atoms. The number of carbonyl (C=O) groups excluding carboxylic acids is 1. The third-order valence-corrected chi connectivity index (χ3v) is 2.33. The number of hydrogen-bond donors (Lipinski definition) is 0. The van der Waals surface area contributed by atoms with Crippen molar-refractivity contribution in [1.29, 1.82) is 0 Å². The summed E-state index contributed by atoms with van der Waals surface area (Å²) in [7, 11) is 0. The molecule has 6 heteroatoms. The van der Waals surface area contributed by atoms with Crippen molar-refractivity contribution in [3.05, 3.63) is 17.5 Å². The Labute approximate surface area is 91.0 Å². The maximum Gasteiger partial charge on any atom is 0.316 e. The van der Waals surface area contributed by atoms with E-state index in [1.165, 1.54) is 11.8 Å². The molecule has 4 nitrogen and oxygen atoms in total. The summed E-state index contributed by atoms with van der Waals surface area (Å²) in [6.45, 7) is 2.16. The van der Waals surface area contributed by atoms with E-state index in [-0.39, 0.29) is 17.0 Å². The fraction of sp³-hybridized carbons (Fsp3) is 0.375. The maximum atomic E-state index is 11.0. The van der Waals surface area contributed by atoms with E-state index < -0.39 is 0 Å². The predicted octanol–water partition coefficient (Wildman–Crippen LogP) is 1.79. The Bertz CT molecular complexity index is 322. The molecule has 1 aromatic heterocycles.